The van der Waals surface area contributed by atoms with Crippen molar-refractivity contribution in [3.8, 4) is 11.1 Å². The molecule has 0 saturated carbocycles. The van der Waals surface area contributed by atoms with Crippen LogP contribution in [-0.2, 0) is 16.5 Å². The molecule has 7 heteroatoms. The molecule has 0 amide bonds. The summed E-state index contributed by atoms with van der Waals surface area (Å²) >= 11 is 0. The van der Waals surface area contributed by atoms with Crippen LogP contribution in [0.15, 0.2) is 18.2 Å². The Hall–Kier alpha value is -2.09. The van der Waals surface area contributed by atoms with Gasteiger partial charge in [0.2, 0.25) is 0 Å². The average molecular weight is 364 g/mol. The van der Waals surface area contributed by atoms with Gasteiger partial charge in [0.15, 0.2) is 5.44 Å². The van der Waals surface area contributed by atoms with Gasteiger partial charge < -0.3 is 16.6 Å². The van der Waals surface area contributed by atoms with E-state index in [4.69, 9.17) is 16.0 Å². The quantitative estimate of drug-likeness (QED) is 0.488. The number of nitrogen functional groups attached to an aromatic ring is 2. The lowest BCUT2D eigenvalue weighted by Crippen LogP contribution is -2.23. The molecule has 6 N–H and O–H groups in total. The van der Waals surface area contributed by atoms with E-state index in [9.17, 15) is 13.5 Å². The Kier molecular flexibility index (Phi) is 5.13. The van der Waals surface area contributed by atoms with Crippen LogP contribution in [0.1, 0.15) is 27.8 Å². The minimum atomic E-state index is -4.57. The molecule has 0 aromatic heterocycles. The first-order valence-corrected chi connectivity index (χ1v) is 9.33. The SMILES string of the molecule is Cc1cc(-c2cc(C)c(N)c(C)c2CC(O)S(=O)(=O)O)cc(C)c1N. The van der Waals surface area contributed by atoms with Gasteiger partial charge in [-0.3, -0.25) is 4.55 Å². The van der Waals surface area contributed by atoms with E-state index in [1.807, 2.05) is 39.0 Å². The Morgan fingerprint density at radius 2 is 1.44 bits per heavy atom. The van der Waals surface area contributed by atoms with E-state index >= 15 is 0 Å². The van der Waals surface area contributed by atoms with Gasteiger partial charge in [0, 0.05) is 17.8 Å². The monoisotopic (exact) mass is 364 g/mol. The Bertz CT molecular complexity index is 914. The van der Waals surface area contributed by atoms with Gasteiger partial charge >= 0.3 is 0 Å². The fraction of sp³-hybridized carbons (Fsp3) is 0.333. The van der Waals surface area contributed by atoms with Gasteiger partial charge in [-0.1, -0.05) is 0 Å². The Morgan fingerprint density at radius 3 is 1.92 bits per heavy atom. The molecule has 0 fully saturated rings. The van der Waals surface area contributed by atoms with E-state index < -0.39 is 15.6 Å². The van der Waals surface area contributed by atoms with Gasteiger partial charge in [-0.05, 0) is 84.8 Å². The number of hydrogen-bond donors (Lipinski definition) is 4. The van der Waals surface area contributed by atoms with Gasteiger partial charge in [0.05, 0.1) is 0 Å². The van der Waals surface area contributed by atoms with Crippen LogP contribution in [0, 0.1) is 27.7 Å². The zero-order chi connectivity index (χ0) is 19.1. The number of hydrogen-bond acceptors (Lipinski definition) is 5. The van der Waals surface area contributed by atoms with Gasteiger partial charge in [0.1, 0.15) is 0 Å². The molecule has 2 rings (SSSR count). The molecule has 0 aliphatic carbocycles. The third-order valence-corrected chi connectivity index (χ3v) is 5.45. The largest absolute Gasteiger partial charge is 0.398 e. The molecule has 2 aromatic carbocycles. The number of aliphatic hydroxyl groups excluding tert-OH is 1. The van der Waals surface area contributed by atoms with Crippen molar-refractivity contribution in [3.63, 3.8) is 0 Å². The summed E-state index contributed by atoms with van der Waals surface area (Å²) in [5.41, 5.74) is 17.0. The molecule has 6 nitrogen and oxygen atoms in total. The Labute approximate surface area is 148 Å². The lowest BCUT2D eigenvalue weighted by atomic mass is 9.89. The lowest BCUT2D eigenvalue weighted by molar-refractivity contribution is 0.233. The summed E-state index contributed by atoms with van der Waals surface area (Å²) in [5.74, 6) is 0. The van der Waals surface area contributed by atoms with Crippen LogP contribution in [-0.4, -0.2) is 23.5 Å². The van der Waals surface area contributed by atoms with E-state index in [0.29, 0.717) is 22.5 Å². The molecule has 0 radical (unpaired) electrons. The Morgan fingerprint density at radius 1 is 0.960 bits per heavy atom. The van der Waals surface area contributed by atoms with E-state index in [-0.39, 0.29) is 6.42 Å². The van der Waals surface area contributed by atoms with Crippen LogP contribution in [0.3, 0.4) is 0 Å². The molecule has 0 saturated heterocycles. The fourth-order valence-electron chi connectivity index (χ4n) is 2.97. The third kappa shape index (κ3) is 3.78. The summed E-state index contributed by atoms with van der Waals surface area (Å²) in [7, 11) is -4.57. The highest BCUT2D eigenvalue weighted by Gasteiger charge is 2.24. The van der Waals surface area contributed by atoms with Crippen molar-refractivity contribution in [2.75, 3.05) is 11.5 Å². The molecular weight excluding hydrogens is 340 g/mol. The predicted octanol–water partition coefficient (Wildman–Crippen LogP) is 2.50. The van der Waals surface area contributed by atoms with Crippen LogP contribution in [0.4, 0.5) is 11.4 Å². The first-order chi connectivity index (χ1) is 11.4. The van der Waals surface area contributed by atoms with Gasteiger partial charge in [-0.25, -0.2) is 0 Å². The molecule has 0 bridgehead atoms. The van der Waals surface area contributed by atoms with Crippen LogP contribution in [0.2, 0.25) is 0 Å². The minimum absolute atomic E-state index is 0.257. The van der Waals surface area contributed by atoms with Crippen molar-refractivity contribution in [1.29, 1.82) is 0 Å². The summed E-state index contributed by atoms with van der Waals surface area (Å²) in [6, 6.07) is 5.69. The molecule has 0 spiro atoms. The predicted molar refractivity (Wildman–Crippen MR) is 101 cm³/mol. The first kappa shape index (κ1) is 19.2. The summed E-state index contributed by atoms with van der Waals surface area (Å²) in [6.07, 6.45) is -0.257. The first-order valence-electron chi connectivity index (χ1n) is 7.83. The number of rotatable bonds is 4. The van der Waals surface area contributed by atoms with Crippen molar-refractivity contribution in [2.45, 2.75) is 39.6 Å². The highest BCUT2D eigenvalue weighted by molar-refractivity contribution is 7.86. The number of benzene rings is 2. The van der Waals surface area contributed by atoms with Crippen LogP contribution < -0.4 is 11.5 Å². The Balaban J connectivity index is 2.73. The van der Waals surface area contributed by atoms with Crippen LogP contribution in [0.25, 0.3) is 11.1 Å². The molecule has 0 aliphatic rings. The fourth-order valence-corrected chi connectivity index (χ4v) is 3.35. The van der Waals surface area contributed by atoms with Crippen molar-refractivity contribution in [1.82, 2.24) is 0 Å². The van der Waals surface area contributed by atoms with Crippen molar-refractivity contribution in [3.05, 3.63) is 46.0 Å². The topological polar surface area (TPSA) is 127 Å². The smallest absolute Gasteiger partial charge is 0.292 e. The number of nitrogens with two attached hydrogens (primary N) is 2. The van der Waals surface area contributed by atoms with Gasteiger partial charge in [-0.2, -0.15) is 8.42 Å². The lowest BCUT2D eigenvalue weighted by Gasteiger charge is -2.20. The maximum atomic E-state index is 11.3. The maximum absolute atomic E-state index is 11.3. The third-order valence-electron chi connectivity index (χ3n) is 4.59. The maximum Gasteiger partial charge on any atom is 0.292 e. The van der Waals surface area contributed by atoms with Gasteiger partial charge in [-0.15, -0.1) is 0 Å². The normalized spacial score (nSPS) is 13.0. The molecule has 25 heavy (non-hydrogen) atoms. The minimum Gasteiger partial charge on any atom is -0.398 e. The van der Waals surface area contributed by atoms with E-state index in [1.54, 1.807) is 6.92 Å². The van der Waals surface area contributed by atoms with E-state index in [2.05, 4.69) is 0 Å². The number of aryl methyl sites for hydroxylation is 3. The molecule has 2 aromatic rings. The summed E-state index contributed by atoms with van der Waals surface area (Å²) in [6.45, 7) is 7.44. The van der Waals surface area contributed by atoms with Gasteiger partial charge in [0.25, 0.3) is 10.1 Å². The molecule has 0 aliphatic heterocycles. The molecule has 0 heterocycles. The molecule has 1 atom stereocenters. The highest BCUT2D eigenvalue weighted by Crippen LogP contribution is 2.35. The van der Waals surface area contributed by atoms with Crippen molar-refractivity contribution in [2.24, 2.45) is 0 Å². The zero-order valence-corrected chi connectivity index (χ0v) is 15.6. The summed E-state index contributed by atoms with van der Waals surface area (Å²) in [4.78, 5) is 0. The summed E-state index contributed by atoms with van der Waals surface area (Å²) in [5, 5.41) is 9.85. The highest BCUT2D eigenvalue weighted by atomic mass is 32.2. The molecule has 1 unspecified atom stereocenters. The molecular formula is C18H24N2O4S. The van der Waals surface area contributed by atoms with Crippen molar-refractivity contribution < 1.29 is 18.1 Å². The standard InChI is InChI=1S/C18H24N2O4S/c1-9-5-13(6-10(2)17(9)19)15-7-11(3)18(20)12(4)14(15)8-16(21)25(22,23)24/h5-7,16,21H,8,19-20H2,1-4H3,(H,22,23,24). The number of aliphatic hydroxyl groups is 1. The van der Waals surface area contributed by atoms with Crippen molar-refractivity contribution >= 4 is 21.5 Å². The second-order valence-electron chi connectivity index (χ2n) is 6.46. The molecule has 136 valence electrons. The van der Waals surface area contributed by atoms with Crippen LogP contribution in [0.5, 0.6) is 0 Å². The second-order valence-corrected chi connectivity index (χ2v) is 8.03. The van der Waals surface area contributed by atoms with E-state index in [1.165, 1.54) is 0 Å². The average Bonchev–Trinajstić information content (AvgIpc) is 2.51. The second kappa shape index (κ2) is 6.67. The zero-order valence-electron chi connectivity index (χ0n) is 14.8. The summed E-state index contributed by atoms with van der Waals surface area (Å²) < 4.78 is 31.6. The van der Waals surface area contributed by atoms with E-state index in [0.717, 1.165) is 27.8 Å². The number of anilines is 2. The van der Waals surface area contributed by atoms with Crippen LogP contribution >= 0.6 is 0 Å².